The molecule has 0 unspecified atom stereocenters. The van der Waals surface area contributed by atoms with Crippen molar-refractivity contribution >= 4 is 34.9 Å². The molecule has 0 bridgehead atoms. The van der Waals surface area contributed by atoms with Gasteiger partial charge in [0.15, 0.2) is 0 Å². The van der Waals surface area contributed by atoms with Crippen molar-refractivity contribution in [2.75, 3.05) is 0 Å². The molecule has 2 heteroatoms. The van der Waals surface area contributed by atoms with E-state index in [4.69, 9.17) is 12.2 Å². The lowest BCUT2D eigenvalue weighted by molar-refractivity contribution is 1.64. The maximum absolute atomic E-state index is 5.18. The molecule has 1 heterocycles. The van der Waals surface area contributed by atoms with E-state index in [9.17, 15) is 0 Å². The maximum Gasteiger partial charge on any atom is 0.0715 e. The molecule has 66 valence electrons. The number of benzene rings is 1. The van der Waals surface area contributed by atoms with Gasteiger partial charge in [0, 0.05) is 21.7 Å². The minimum atomic E-state index is 0.857. The highest BCUT2D eigenvalue weighted by molar-refractivity contribution is 7.71. The lowest BCUT2D eigenvalue weighted by Gasteiger charge is -1.93. The molecule has 1 aliphatic heterocycles. The van der Waals surface area contributed by atoms with E-state index >= 15 is 0 Å². The predicted molar refractivity (Wildman–Crippen MR) is 62.0 cm³/mol. The van der Waals surface area contributed by atoms with Crippen LogP contribution in [0.3, 0.4) is 0 Å². The molecule has 14 heavy (non-hydrogen) atoms. The van der Waals surface area contributed by atoms with Crippen molar-refractivity contribution in [1.82, 2.24) is 0 Å². The Bertz CT molecular complexity index is 614. The molecule has 2 aromatic rings. The first-order valence-electron chi connectivity index (χ1n) is 4.46. The molecule has 0 saturated heterocycles. The third kappa shape index (κ3) is 1.01. The van der Waals surface area contributed by atoms with Crippen molar-refractivity contribution in [1.29, 1.82) is 0 Å². The van der Waals surface area contributed by atoms with Crippen LogP contribution in [-0.4, -0.2) is 6.21 Å². The zero-order valence-corrected chi connectivity index (χ0v) is 8.21. The van der Waals surface area contributed by atoms with Gasteiger partial charge in [-0.3, -0.25) is 4.99 Å². The van der Waals surface area contributed by atoms with Gasteiger partial charge in [0.25, 0.3) is 0 Å². The first-order chi connectivity index (χ1) is 6.84. The van der Waals surface area contributed by atoms with E-state index in [0.29, 0.717) is 0 Å². The summed E-state index contributed by atoms with van der Waals surface area (Å²) in [5.41, 5.74) is 2.20. The quantitative estimate of drug-likeness (QED) is 0.501. The monoisotopic (exact) mass is 197 g/mol. The van der Waals surface area contributed by atoms with E-state index in [2.05, 4.69) is 17.1 Å². The summed E-state index contributed by atoms with van der Waals surface area (Å²) in [7, 11) is 0. The van der Waals surface area contributed by atoms with Crippen LogP contribution in [-0.2, 0) is 0 Å². The lowest BCUT2D eigenvalue weighted by Crippen LogP contribution is -1.75. The molecule has 0 aromatic heterocycles. The molecule has 2 aromatic carbocycles. The summed E-state index contributed by atoms with van der Waals surface area (Å²) in [6.45, 7) is 0. The second-order valence-electron chi connectivity index (χ2n) is 3.33. The molecule has 0 saturated carbocycles. The van der Waals surface area contributed by atoms with E-state index < -0.39 is 0 Å². The van der Waals surface area contributed by atoms with Gasteiger partial charge in [0.1, 0.15) is 0 Å². The smallest absolute Gasteiger partial charge is 0.0715 e. The summed E-state index contributed by atoms with van der Waals surface area (Å²) in [6, 6.07) is 12.1. The standard InChI is InChI=1S/C12H7NS/c14-10-4-5-11-12-8(6-10)2-1-3-9(12)7-13-11/h1-7H. The van der Waals surface area contributed by atoms with Crippen LogP contribution in [0.5, 0.6) is 0 Å². The molecule has 0 spiro atoms. The third-order valence-corrected chi connectivity index (χ3v) is 2.68. The molecular weight excluding hydrogens is 190 g/mol. The van der Waals surface area contributed by atoms with Gasteiger partial charge in [0.2, 0.25) is 0 Å². The fraction of sp³-hybridized carbons (Fsp3) is 0. The van der Waals surface area contributed by atoms with Gasteiger partial charge in [-0.25, -0.2) is 0 Å². The van der Waals surface area contributed by atoms with Crippen molar-refractivity contribution in [2.24, 2.45) is 4.99 Å². The van der Waals surface area contributed by atoms with Crippen LogP contribution in [0, 0.1) is 4.51 Å². The van der Waals surface area contributed by atoms with Crippen molar-refractivity contribution in [2.45, 2.75) is 0 Å². The molecule has 0 atom stereocenters. The average molecular weight is 197 g/mol. The molecule has 0 aliphatic carbocycles. The Balaban J connectivity index is 2.67. The molecule has 1 nitrogen and oxygen atoms in total. The Hall–Kier alpha value is -1.54. The summed E-state index contributed by atoms with van der Waals surface area (Å²) < 4.78 is 0.857. The molecule has 0 fully saturated rings. The molecule has 0 N–H and O–H groups in total. The van der Waals surface area contributed by atoms with Gasteiger partial charge in [-0.15, -0.1) is 0 Å². The van der Waals surface area contributed by atoms with Crippen LogP contribution in [0.1, 0.15) is 5.56 Å². The van der Waals surface area contributed by atoms with Crippen molar-refractivity contribution in [3.8, 4) is 0 Å². The van der Waals surface area contributed by atoms with Crippen LogP contribution in [0.15, 0.2) is 41.4 Å². The zero-order valence-electron chi connectivity index (χ0n) is 7.40. The largest absolute Gasteiger partial charge is 0.256 e. The van der Waals surface area contributed by atoms with E-state index in [1.165, 1.54) is 16.3 Å². The number of hydrogen-bond acceptors (Lipinski definition) is 2. The SMILES string of the molecule is S=c1ccc2c3c(cccc3c1)C=N2. The van der Waals surface area contributed by atoms with E-state index in [1.807, 2.05) is 30.5 Å². The highest BCUT2D eigenvalue weighted by Gasteiger charge is 2.07. The normalized spacial score (nSPS) is 12.3. The lowest BCUT2D eigenvalue weighted by atomic mass is 10.1. The summed E-state index contributed by atoms with van der Waals surface area (Å²) >= 11 is 5.18. The fourth-order valence-corrected chi connectivity index (χ4v) is 2.00. The Labute approximate surface area is 86.7 Å². The second-order valence-corrected chi connectivity index (χ2v) is 3.81. The van der Waals surface area contributed by atoms with E-state index in [0.717, 1.165) is 10.2 Å². The summed E-state index contributed by atoms with van der Waals surface area (Å²) in [5, 5.41) is 2.38. The van der Waals surface area contributed by atoms with Gasteiger partial charge in [-0.2, -0.15) is 0 Å². The summed E-state index contributed by atoms with van der Waals surface area (Å²) in [6.07, 6.45) is 1.90. The minimum Gasteiger partial charge on any atom is -0.256 e. The molecule has 0 radical (unpaired) electrons. The van der Waals surface area contributed by atoms with Crippen LogP contribution in [0.25, 0.3) is 10.8 Å². The van der Waals surface area contributed by atoms with Gasteiger partial charge in [-0.05, 0) is 23.6 Å². The Morgan fingerprint density at radius 3 is 2.93 bits per heavy atom. The second kappa shape index (κ2) is 2.72. The minimum absolute atomic E-state index is 0.857. The molecule has 3 rings (SSSR count). The third-order valence-electron chi connectivity index (χ3n) is 2.43. The van der Waals surface area contributed by atoms with Gasteiger partial charge >= 0.3 is 0 Å². The van der Waals surface area contributed by atoms with Crippen molar-refractivity contribution in [3.63, 3.8) is 0 Å². The van der Waals surface area contributed by atoms with Gasteiger partial charge in [0.05, 0.1) is 5.69 Å². The first kappa shape index (κ1) is 7.83. The number of nitrogens with zero attached hydrogens (tertiary/aromatic N) is 1. The predicted octanol–water partition coefficient (Wildman–Crippen LogP) is 3.63. The zero-order chi connectivity index (χ0) is 9.54. The first-order valence-corrected chi connectivity index (χ1v) is 4.86. The summed E-state index contributed by atoms with van der Waals surface area (Å²) in [5.74, 6) is 0. The van der Waals surface area contributed by atoms with Crippen molar-refractivity contribution in [3.05, 3.63) is 46.5 Å². The molecular formula is C12H7NS. The Kier molecular flexibility index (Phi) is 1.52. The van der Waals surface area contributed by atoms with Crippen LogP contribution in [0.2, 0.25) is 0 Å². The van der Waals surface area contributed by atoms with E-state index in [1.54, 1.807) is 0 Å². The van der Waals surface area contributed by atoms with Gasteiger partial charge < -0.3 is 0 Å². The average Bonchev–Trinajstić information content (AvgIpc) is 2.51. The van der Waals surface area contributed by atoms with Crippen LogP contribution >= 0.6 is 12.2 Å². The highest BCUT2D eigenvalue weighted by Crippen LogP contribution is 2.31. The number of rotatable bonds is 0. The summed E-state index contributed by atoms with van der Waals surface area (Å²) in [4.78, 5) is 4.35. The maximum atomic E-state index is 5.18. The Morgan fingerprint density at radius 2 is 2.00 bits per heavy atom. The molecule has 1 aliphatic rings. The number of aliphatic imine (C=N–C) groups is 1. The van der Waals surface area contributed by atoms with Crippen LogP contribution in [0.4, 0.5) is 5.69 Å². The molecule has 0 amide bonds. The van der Waals surface area contributed by atoms with Crippen LogP contribution < -0.4 is 0 Å². The van der Waals surface area contributed by atoms with Crippen molar-refractivity contribution < 1.29 is 0 Å². The number of hydrogen-bond donors (Lipinski definition) is 0. The van der Waals surface area contributed by atoms with E-state index in [-0.39, 0.29) is 0 Å². The fourth-order valence-electron chi connectivity index (χ4n) is 1.80. The van der Waals surface area contributed by atoms with Gasteiger partial charge in [-0.1, -0.05) is 30.4 Å². The topological polar surface area (TPSA) is 12.4 Å². The highest BCUT2D eigenvalue weighted by atomic mass is 32.1. The Morgan fingerprint density at radius 1 is 1.07 bits per heavy atom.